The molecule has 0 fully saturated rings. The van der Waals surface area contributed by atoms with Crippen molar-refractivity contribution < 1.29 is 8.83 Å². The van der Waals surface area contributed by atoms with Gasteiger partial charge in [0, 0.05) is 54.9 Å². The second-order valence-corrected chi connectivity index (χ2v) is 24.0. The number of benzene rings is 14. The Kier molecular flexibility index (Phi) is 15.5. The maximum absolute atomic E-state index is 6.47. The van der Waals surface area contributed by atoms with Gasteiger partial charge in [0.1, 0.15) is 22.3 Å². The predicted molar refractivity (Wildman–Crippen MR) is 399 cm³/mol. The zero-order valence-corrected chi connectivity index (χ0v) is 53.0. The molecular formula is C90H58N6O2. The fraction of sp³-hybridized carbons (Fsp3) is 0. The Labute approximate surface area is 566 Å². The third kappa shape index (κ3) is 11.4. The van der Waals surface area contributed by atoms with Gasteiger partial charge in [0.25, 0.3) is 0 Å². The summed E-state index contributed by atoms with van der Waals surface area (Å²) < 4.78 is 12.9. The van der Waals surface area contributed by atoms with Gasteiger partial charge in [-0.25, -0.2) is 29.9 Å². The fourth-order valence-electron chi connectivity index (χ4n) is 13.2. The first-order valence-electron chi connectivity index (χ1n) is 32.7. The van der Waals surface area contributed by atoms with E-state index < -0.39 is 0 Å². The lowest BCUT2D eigenvalue weighted by atomic mass is 9.87. The summed E-state index contributed by atoms with van der Waals surface area (Å²) in [5, 5.41) is 3.97. The van der Waals surface area contributed by atoms with Gasteiger partial charge in [-0.3, -0.25) is 0 Å². The second-order valence-electron chi connectivity index (χ2n) is 24.0. The van der Waals surface area contributed by atoms with E-state index in [2.05, 4.69) is 206 Å². The first-order chi connectivity index (χ1) is 48.6. The van der Waals surface area contributed by atoms with E-state index in [1.54, 1.807) is 0 Å². The molecule has 8 heteroatoms. The molecule has 8 nitrogen and oxygen atoms in total. The number of hydrogen-bond donors (Lipinski definition) is 0. The fourth-order valence-corrected chi connectivity index (χ4v) is 13.2. The van der Waals surface area contributed by atoms with Crippen LogP contribution in [0.4, 0.5) is 0 Å². The van der Waals surface area contributed by atoms with Crippen LogP contribution in [0.15, 0.2) is 361 Å². The number of aromatic nitrogens is 6. The van der Waals surface area contributed by atoms with E-state index in [9.17, 15) is 0 Å². The predicted octanol–water partition coefficient (Wildman–Crippen LogP) is 23.5. The van der Waals surface area contributed by atoms with Crippen LogP contribution in [0, 0.1) is 0 Å². The van der Waals surface area contributed by atoms with Gasteiger partial charge in [-0.15, -0.1) is 0 Å². The van der Waals surface area contributed by atoms with E-state index in [1.807, 2.05) is 146 Å². The molecule has 0 aliphatic carbocycles. The normalized spacial score (nSPS) is 11.3. The lowest BCUT2D eigenvalue weighted by molar-refractivity contribution is 0.668. The van der Waals surface area contributed by atoms with Crippen molar-refractivity contribution in [2.24, 2.45) is 0 Å². The zero-order chi connectivity index (χ0) is 65.1. The highest BCUT2D eigenvalue weighted by atomic mass is 16.3. The van der Waals surface area contributed by atoms with E-state index in [0.29, 0.717) is 34.9 Å². The quantitative estimate of drug-likeness (QED) is 0.119. The van der Waals surface area contributed by atoms with Crippen LogP contribution in [0.2, 0.25) is 0 Å². The Morgan fingerprint density at radius 2 is 0.469 bits per heavy atom. The number of rotatable bonds is 12. The Morgan fingerprint density at radius 1 is 0.163 bits per heavy atom. The lowest BCUT2D eigenvalue weighted by Crippen LogP contribution is -2.00. The molecule has 0 unspecified atom stereocenters. The molecule has 0 amide bonds. The van der Waals surface area contributed by atoms with Crippen molar-refractivity contribution in [3.63, 3.8) is 0 Å². The minimum atomic E-state index is 0.599. The molecule has 0 radical (unpaired) electrons. The third-order valence-corrected chi connectivity index (χ3v) is 17.9. The van der Waals surface area contributed by atoms with Crippen LogP contribution in [0.25, 0.3) is 179 Å². The largest absolute Gasteiger partial charge is 0.456 e. The molecule has 0 bridgehead atoms. The number of hydrogen-bond acceptors (Lipinski definition) is 8. The zero-order valence-electron chi connectivity index (χ0n) is 53.0. The molecule has 0 N–H and O–H groups in total. The first-order valence-corrected chi connectivity index (χ1v) is 32.7. The number of furan rings is 2. The van der Waals surface area contributed by atoms with Crippen LogP contribution in [0.3, 0.4) is 0 Å². The summed E-state index contributed by atoms with van der Waals surface area (Å²) >= 11 is 0. The summed E-state index contributed by atoms with van der Waals surface area (Å²) in [6.45, 7) is 0. The summed E-state index contributed by atoms with van der Waals surface area (Å²) in [6.07, 6.45) is 0. The molecule has 0 atom stereocenters. The Bertz CT molecular complexity index is 5780. The molecular weight excluding hydrogens is 1200 g/mol. The van der Waals surface area contributed by atoms with Crippen molar-refractivity contribution in [1.82, 2.24) is 29.9 Å². The molecule has 0 saturated carbocycles. The molecule has 0 aliphatic heterocycles. The molecule has 0 aliphatic rings. The molecule has 4 aromatic heterocycles. The van der Waals surface area contributed by atoms with Crippen LogP contribution in [0.1, 0.15) is 0 Å². The van der Waals surface area contributed by atoms with Crippen molar-refractivity contribution in [2.75, 3.05) is 0 Å². The molecule has 18 rings (SSSR count). The highest BCUT2D eigenvalue weighted by molar-refractivity contribution is 6.14. The Balaban J connectivity index is 0.000000147. The highest BCUT2D eigenvalue weighted by Crippen LogP contribution is 2.45. The van der Waals surface area contributed by atoms with Crippen molar-refractivity contribution in [3.05, 3.63) is 352 Å². The standard InChI is InChI=1S/2C45H29N3O/c1-5-15-30(16-6-1)35-23-13-24-36(41(35)31-17-7-2-8-18-31)34-27-28-39-38(29-34)42-37(25-14-26-40(42)49-39)45-47-43(32-19-9-3-10-20-32)46-44(48-45)33-21-11-4-12-22-33;1-5-14-30(15-6-1)34-24-26-36(38(28-34)31-16-7-2-8-17-31)35-25-27-40-39(29-35)42-37(22-13-23-41(42)49-40)45-47-43(32-18-9-3-10-19-32)46-44(48-45)33-20-11-4-12-21-33/h2*1-29H. The lowest BCUT2D eigenvalue weighted by Gasteiger charge is -2.16. The van der Waals surface area contributed by atoms with Crippen molar-refractivity contribution in [2.45, 2.75) is 0 Å². The van der Waals surface area contributed by atoms with Crippen LogP contribution in [-0.2, 0) is 0 Å². The van der Waals surface area contributed by atoms with Gasteiger partial charge in [-0.05, 0) is 109 Å². The first kappa shape index (κ1) is 58.5. The van der Waals surface area contributed by atoms with E-state index in [0.717, 1.165) is 99.5 Å². The molecule has 4 heterocycles. The number of fused-ring (bicyclic) bond motifs is 6. The Morgan fingerprint density at radius 3 is 0.878 bits per heavy atom. The average Bonchev–Trinajstić information content (AvgIpc) is 1.55. The van der Waals surface area contributed by atoms with Crippen LogP contribution in [0.5, 0.6) is 0 Å². The van der Waals surface area contributed by atoms with Crippen LogP contribution in [-0.4, -0.2) is 29.9 Å². The summed E-state index contributed by atoms with van der Waals surface area (Å²) in [6, 6.07) is 121. The molecule has 0 spiro atoms. The highest BCUT2D eigenvalue weighted by Gasteiger charge is 2.23. The Hall–Kier alpha value is -13.3. The van der Waals surface area contributed by atoms with Gasteiger partial charge < -0.3 is 8.83 Å². The summed E-state index contributed by atoms with van der Waals surface area (Å²) in [5.74, 6) is 3.70. The topological polar surface area (TPSA) is 104 Å². The summed E-state index contributed by atoms with van der Waals surface area (Å²) in [4.78, 5) is 30.0. The molecule has 460 valence electrons. The molecule has 14 aromatic carbocycles. The average molecular weight is 1260 g/mol. The minimum Gasteiger partial charge on any atom is -0.456 e. The van der Waals surface area contributed by atoms with Crippen molar-refractivity contribution in [3.8, 4) is 135 Å². The third-order valence-electron chi connectivity index (χ3n) is 17.9. The van der Waals surface area contributed by atoms with Gasteiger partial charge in [-0.2, -0.15) is 0 Å². The van der Waals surface area contributed by atoms with Gasteiger partial charge in [-0.1, -0.05) is 309 Å². The van der Waals surface area contributed by atoms with Crippen LogP contribution >= 0.6 is 0 Å². The van der Waals surface area contributed by atoms with Crippen LogP contribution < -0.4 is 0 Å². The monoisotopic (exact) mass is 1250 g/mol. The summed E-state index contributed by atoms with van der Waals surface area (Å²) in [5.41, 5.74) is 22.7. The molecule has 18 aromatic rings. The maximum Gasteiger partial charge on any atom is 0.164 e. The molecule has 0 saturated heterocycles. The van der Waals surface area contributed by atoms with E-state index in [-0.39, 0.29) is 0 Å². The maximum atomic E-state index is 6.47. The van der Waals surface area contributed by atoms with E-state index in [1.165, 1.54) is 44.5 Å². The smallest absolute Gasteiger partial charge is 0.164 e. The van der Waals surface area contributed by atoms with Gasteiger partial charge in [0.2, 0.25) is 0 Å². The minimum absolute atomic E-state index is 0.599. The van der Waals surface area contributed by atoms with Gasteiger partial charge >= 0.3 is 0 Å². The van der Waals surface area contributed by atoms with Crippen molar-refractivity contribution >= 4 is 43.9 Å². The van der Waals surface area contributed by atoms with Gasteiger partial charge in [0.05, 0.1) is 0 Å². The van der Waals surface area contributed by atoms with Crippen molar-refractivity contribution in [1.29, 1.82) is 0 Å². The number of nitrogens with zero attached hydrogens (tertiary/aromatic N) is 6. The van der Waals surface area contributed by atoms with Gasteiger partial charge in [0.15, 0.2) is 34.9 Å². The van der Waals surface area contributed by atoms with E-state index >= 15 is 0 Å². The summed E-state index contributed by atoms with van der Waals surface area (Å²) in [7, 11) is 0. The second kappa shape index (κ2) is 25.9. The molecule has 98 heavy (non-hydrogen) atoms. The van der Waals surface area contributed by atoms with E-state index in [4.69, 9.17) is 38.7 Å². The SMILES string of the molecule is c1ccc(-c2ccc(-c3ccc4oc5cccc(-c6nc(-c7ccccc7)nc(-c7ccccc7)n6)c5c4c3)c(-c3ccccc3)c2)cc1.c1ccc(-c2nc(-c3ccccc3)nc(-c3cccc4oc5ccc(-c6cccc(-c7ccccc7)c6-c6ccccc6)cc5c34)n2)cc1.